The second-order valence-corrected chi connectivity index (χ2v) is 11.0. The molecule has 2 N–H and O–H groups in total. The minimum atomic E-state index is -0.417. The molecule has 7 nitrogen and oxygen atoms in total. The van der Waals surface area contributed by atoms with Crippen LogP contribution in [0, 0.1) is 5.92 Å². The van der Waals surface area contributed by atoms with Crippen LogP contribution in [0.5, 0.6) is 0 Å². The number of pyridine rings is 1. The molecule has 2 atom stereocenters. The van der Waals surface area contributed by atoms with Gasteiger partial charge in [-0.15, -0.1) is 11.3 Å². The predicted molar refractivity (Wildman–Crippen MR) is 144 cm³/mol. The molecule has 1 saturated heterocycles. The van der Waals surface area contributed by atoms with Gasteiger partial charge in [0.05, 0.1) is 5.39 Å². The van der Waals surface area contributed by atoms with E-state index in [9.17, 15) is 4.79 Å². The molecule has 1 fully saturated rings. The quantitative estimate of drug-likeness (QED) is 0.443. The summed E-state index contributed by atoms with van der Waals surface area (Å²) in [5.74, 6) is 2.13. The van der Waals surface area contributed by atoms with E-state index in [-0.39, 0.29) is 5.91 Å². The number of carbonyl (C=O) groups is 1. The highest BCUT2D eigenvalue weighted by atomic mass is 32.1. The fraction of sp³-hybridized carbons (Fsp3) is 0.357. The Balaban J connectivity index is 1.36. The van der Waals surface area contributed by atoms with Crippen LogP contribution in [0.4, 0.5) is 5.82 Å². The summed E-state index contributed by atoms with van der Waals surface area (Å²) < 4.78 is 0. The smallest absolute Gasteiger partial charge is 0.239 e. The first-order valence-electron chi connectivity index (χ1n) is 12.6. The van der Waals surface area contributed by atoms with E-state index in [2.05, 4.69) is 21.7 Å². The molecular formula is C28H30N6OS. The van der Waals surface area contributed by atoms with Crippen LogP contribution in [-0.4, -0.2) is 51.9 Å². The number of fused-ring (bicyclic) bond motifs is 3. The topological polar surface area (TPSA) is 88.2 Å². The van der Waals surface area contributed by atoms with E-state index < -0.39 is 6.04 Å². The van der Waals surface area contributed by atoms with Gasteiger partial charge in [-0.25, -0.2) is 9.97 Å². The van der Waals surface area contributed by atoms with Crippen LogP contribution in [0.1, 0.15) is 35.4 Å². The number of aryl methyl sites for hydroxylation is 1. The minimum absolute atomic E-state index is 0.307. The number of amides is 1. The van der Waals surface area contributed by atoms with Crippen molar-refractivity contribution in [3.05, 3.63) is 70.9 Å². The molecule has 1 amide bonds. The summed E-state index contributed by atoms with van der Waals surface area (Å²) in [6.07, 6.45) is 7.00. The van der Waals surface area contributed by atoms with Crippen molar-refractivity contribution in [1.82, 2.24) is 19.9 Å². The maximum absolute atomic E-state index is 12.4. The van der Waals surface area contributed by atoms with Gasteiger partial charge in [0.15, 0.2) is 5.82 Å². The van der Waals surface area contributed by atoms with Crippen molar-refractivity contribution < 1.29 is 4.79 Å². The number of hydrogen-bond acceptors (Lipinski definition) is 7. The van der Waals surface area contributed by atoms with Gasteiger partial charge in [-0.1, -0.05) is 37.3 Å². The number of rotatable bonds is 5. The zero-order valence-electron chi connectivity index (χ0n) is 20.4. The van der Waals surface area contributed by atoms with E-state index in [4.69, 9.17) is 15.7 Å². The molecular weight excluding hydrogens is 468 g/mol. The van der Waals surface area contributed by atoms with Crippen molar-refractivity contribution in [3.8, 4) is 11.4 Å². The highest BCUT2D eigenvalue weighted by Gasteiger charge is 2.32. The number of anilines is 1. The average Bonchev–Trinajstić information content (AvgIpc) is 3.27. The van der Waals surface area contributed by atoms with Crippen LogP contribution in [0.3, 0.4) is 0 Å². The van der Waals surface area contributed by atoms with Crippen LogP contribution >= 0.6 is 11.3 Å². The van der Waals surface area contributed by atoms with Crippen molar-refractivity contribution in [1.29, 1.82) is 0 Å². The highest BCUT2D eigenvalue weighted by Crippen LogP contribution is 2.42. The van der Waals surface area contributed by atoms with Gasteiger partial charge in [0.2, 0.25) is 5.91 Å². The number of hydrogen-bond donors (Lipinski definition) is 1. The number of thiophene rings is 1. The Morgan fingerprint density at radius 3 is 2.61 bits per heavy atom. The highest BCUT2D eigenvalue weighted by molar-refractivity contribution is 7.19. The van der Waals surface area contributed by atoms with Gasteiger partial charge in [0, 0.05) is 49.0 Å². The Bertz CT molecular complexity index is 1380. The van der Waals surface area contributed by atoms with Gasteiger partial charge < -0.3 is 10.6 Å². The fourth-order valence-corrected chi connectivity index (χ4v) is 6.94. The molecule has 0 bridgehead atoms. The third-order valence-corrected chi connectivity index (χ3v) is 8.57. The molecule has 1 aliphatic carbocycles. The number of aromatic nitrogens is 3. The van der Waals surface area contributed by atoms with E-state index in [1.54, 1.807) is 6.20 Å². The third kappa shape index (κ3) is 4.24. The monoisotopic (exact) mass is 498 g/mol. The molecule has 1 aliphatic heterocycles. The van der Waals surface area contributed by atoms with Crippen LogP contribution in [0.2, 0.25) is 0 Å². The van der Waals surface area contributed by atoms with E-state index in [1.807, 2.05) is 60.0 Å². The van der Waals surface area contributed by atoms with E-state index in [0.717, 1.165) is 66.6 Å². The molecule has 8 heteroatoms. The zero-order valence-corrected chi connectivity index (χ0v) is 21.2. The SMILES string of the molecule is C[C@H]1CCc2c(sc3nc(-c4cccnc4)nc(N4CCN([C@H](C(N)=O)c5ccccc5)CC4)c23)C1. The largest absolute Gasteiger partial charge is 0.368 e. The summed E-state index contributed by atoms with van der Waals surface area (Å²) in [7, 11) is 0. The third-order valence-electron chi connectivity index (χ3n) is 7.42. The van der Waals surface area contributed by atoms with Gasteiger partial charge in [-0.05, 0) is 48.4 Å². The fourth-order valence-electron chi connectivity index (χ4n) is 5.56. The molecule has 2 aliphatic rings. The maximum atomic E-state index is 12.4. The van der Waals surface area contributed by atoms with Crippen molar-refractivity contribution in [2.24, 2.45) is 11.7 Å². The Kier molecular flexibility index (Phi) is 6.15. The summed E-state index contributed by atoms with van der Waals surface area (Å²) in [4.78, 5) is 33.9. The van der Waals surface area contributed by atoms with Gasteiger partial charge in [0.25, 0.3) is 0 Å². The normalized spacial score (nSPS) is 19.2. The maximum Gasteiger partial charge on any atom is 0.239 e. The molecule has 6 rings (SSSR count). The van der Waals surface area contributed by atoms with Crippen LogP contribution < -0.4 is 10.6 Å². The van der Waals surface area contributed by atoms with Crippen molar-refractivity contribution in [2.45, 2.75) is 32.2 Å². The standard InChI is InChI=1S/C28H30N6OS/c1-18-9-10-21-22(16-18)36-28-23(21)27(31-26(32-28)20-8-5-11-30-17-20)34-14-12-33(13-15-34)24(25(29)35)19-6-3-2-4-7-19/h2-8,11,17-18,24H,9-10,12-16H2,1H3,(H2,29,35)/t18-,24-/m0/s1. The van der Waals surface area contributed by atoms with Gasteiger partial charge in [-0.2, -0.15) is 0 Å². The van der Waals surface area contributed by atoms with E-state index in [1.165, 1.54) is 22.2 Å². The molecule has 0 unspecified atom stereocenters. The number of piperazine rings is 1. The van der Waals surface area contributed by atoms with E-state index >= 15 is 0 Å². The Morgan fingerprint density at radius 1 is 1.08 bits per heavy atom. The number of carbonyl (C=O) groups excluding carboxylic acids is 1. The first kappa shape index (κ1) is 23.1. The van der Waals surface area contributed by atoms with Crippen molar-refractivity contribution in [3.63, 3.8) is 0 Å². The van der Waals surface area contributed by atoms with Crippen LogP contribution in [0.15, 0.2) is 54.9 Å². The van der Waals surface area contributed by atoms with Gasteiger partial charge >= 0.3 is 0 Å². The molecule has 36 heavy (non-hydrogen) atoms. The lowest BCUT2D eigenvalue weighted by atomic mass is 9.89. The first-order valence-corrected chi connectivity index (χ1v) is 13.5. The van der Waals surface area contributed by atoms with Crippen LogP contribution in [0.25, 0.3) is 21.6 Å². The summed E-state index contributed by atoms with van der Waals surface area (Å²) in [5.41, 5.74) is 9.17. The van der Waals surface area contributed by atoms with Crippen molar-refractivity contribution >= 4 is 33.3 Å². The second kappa shape index (κ2) is 9.59. The molecule has 4 heterocycles. The van der Waals surface area contributed by atoms with Crippen molar-refractivity contribution in [2.75, 3.05) is 31.1 Å². The minimum Gasteiger partial charge on any atom is -0.368 e. The second-order valence-electron chi connectivity index (χ2n) is 9.88. The van der Waals surface area contributed by atoms with E-state index in [0.29, 0.717) is 5.92 Å². The summed E-state index contributed by atoms with van der Waals surface area (Å²) >= 11 is 1.83. The molecule has 3 aromatic heterocycles. The predicted octanol–water partition coefficient (Wildman–Crippen LogP) is 4.23. The number of nitrogens with zero attached hydrogens (tertiary/aromatic N) is 5. The average molecular weight is 499 g/mol. The first-order chi connectivity index (χ1) is 17.6. The molecule has 0 saturated carbocycles. The summed E-state index contributed by atoms with van der Waals surface area (Å²) in [5, 5.41) is 1.22. The zero-order chi connectivity index (χ0) is 24.6. The summed E-state index contributed by atoms with van der Waals surface area (Å²) in [6.45, 7) is 5.35. The lowest BCUT2D eigenvalue weighted by molar-refractivity contribution is -0.123. The number of primary amides is 1. The molecule has 0 radical (unpaired) electrons. The van der Waals surface area contributed by atoms with Gasteiger partial charge in [0.1, 0.15) is 16.7 Å². The van der Waals surface area contributed by atoms with Gasteiger partial charge in [-0.3, -0.25) is 14.7 Å². The number of benzene rings is 1. The van der Waals surface area contributed by atoms with Crippen LogP contribution in [-0.2, 0) is 17.6 Å². The molecule has 0 spiro atoms. The lowest BCUT2D eigenvalue weighted by Gasteiger charge is -2.39. The lowest BCUT2D eigenvalue weighted by Crippen LogP contribution is -2.50. The number of nitrogens with two attached hydrogens (primary N) is 1. The molecule has 184 valence electrons. The molecule has 1 aromatic carbocycles. The Labute approximate surface area is 215 Å². The Morgan fingerprint density at radius 2 is 1.89 bits per heavy atom. The Hall–Kier alpha value is -3.36. The summed E-state index contributed by atoms with van der Waals surface area (Å²) in [6, 6.07) is 13.4. The molecule has 4 aromatic rings.